The van der Waals surface area contributed by atoms with Crippen LogP contribution in [-0.4, -0.2) is 25.1 Å². The second-order valence-electron chi connectivity index (χ2n) is 3.58. The van der Waals surface area contributed by atoms with E-state index in [4.69, 9.17) is 10.5 Å². The van der Waals surface area contributed by atoms with Crippen LogP contribution in [-0.2, 0) is 14.3 Å². The maximum Gasteiger partial charge on any atom is 0.331 e. The number of carbonyl (C=O) groups is 2. The van der Waals surface area contributed by atoms with Gasteiger partial charge in [0.1, 0.15) is 12.4 Å². The van der Waals surface area contributed by atoms with E-state index >= 15 is 0 Å². The number of hydrogen-bond donors (Lipinski definition) is 1. The van der Waals surface area contributed by atoms with Crippen molar-refractivity contribution in [2.45, 2.75) is 0 Å². The summed E-state index contributed by atoms with van der Waals surface area (Å²) >= 11 is 0. The number of benzene rings is 1. The Morgan fingerprint density at radius 2 is 1.95 bits per heavy atom. The lowest BCUT2D eigenvalue weighted by atomic mass is 10.2. The molecule has 0 fully saturated rings. The van der Waals surface area contributed by atoms with Gasteiger partial charge < -0.3 is 15.2 Å². The van der Waals surface area contributed by atoms with E-state index in [1.165, 1.54) is 6.08 Å². The standard InChI is InChI=1S/C14H15NO4/c1-2-9-18-12-6-3-11(4-7-12)5-8-14(17)19-10-13(15)16/h2-8H,1,9-10H2,(H2,15,16)/b8-5+. The van der Waals surface area contributed by atoms with Crippen molar-refractivity contribution in [3.05, 3.63) is 48.6 Å². The van der Waals surface area contributed by atoms with E-state index in [-0.39, 0.29) is 0 Å². The molecule has 0 saturated heterocycles. The largest absolute Gasteiger partial charge is 0.490 e. The molecule has 100 valence electrons. The minimum absolute atomic E-state index is 0.419. The molecule has 5 nitrogen and oxygen atoms in total. The SMILES string of the molecule is C=CCOc1ccc(/C=C/C(=O)OCC(N)=O)cc1. The van der Waals surface area contributed by atoms with E-state index in [1.807, 2.05) is 0 Å². The van der Waals surface area contributed by atoms with Gasteiger partial charge in [-0.15, -0.1) is 0 Å². The molecule has 5 heteroatoms. The lowest BCUT2D eigenvalue weighted by molar-refractivity contribution is -0.142. The molecule has 0 spiro atoms. The lowest BCUT2D eigenvalue weighted by Gasteiger charge is -2.02. The van der Waals surface area contributed by atoms with Gasteiger partial charge in [0.2, 0.25) is 0 Å². The van der Waals surface area contributed by atoms with E-state index in [1.54, 1.807) is 36.4 Å². The van der Waals surface area contributed by atoms with Crippen molar-refractivity contribution in [3.8, 4) is 5.75 Å². The molecule has 1 aromatic carbocycles. The monoisotopic (exact) mass is 261 g/mol. The number of nitrogens with two attached hydrogens (primary N) is 1. The molecule has 1 amide bonds. The third-order valence-corrected chi connectivity index (χ3v) is 2.02. The molecular weight excluding hydrogens is 246 g/mol. The molecule has 0 unspecified atom stereocenters. The van der Waals surface area contributed by atoms with Gasteiger partial charge in [-0.1, -0.05) is 24.8 Å². The van der Waals surface area contributed by atoms with Crippen LogP contribution in [0.15, 0.2) is 43.0 Å². The lowest BCUT2D eigenvalue weighted by Crippen LogP contribution is -2.19. The Bertz CT molecular complexity index is 477. The topological polar surface area (TPSA) is 78.6 Å². The first-order chi connectivity index (χ1) is 9.11. The molecule has 1 aromatic rings. The minimum atomic E-state index is -0.689. The molecule has 0 aromatic heterocycles. The maximum atomic E-state index is 11.2. The van der Waals surface area contributed by atoms with Crippen LogP contribution >= 0.6 is 0 Å². The average molecular weight is 261 g/mol. The van der Waals surface area contributed by atoms with Gasteiger partial charge in [-0.05, 0) is 23.8 Å². The number of amides is 1. The molecule has 19 heavy (non-hydrogen) atoms. The quantitative estimate of drug-likeness (QED) is 0.456. The zero-order valence-electron chi connectivity index (χ0n) is 10.4. The molecule has 1 rings (SSSR count). The highest BCUT2D eigenvalue weighted by molar-refractivity contribution is 5.88. The van der Waals surface area contributed by atoms with E-state index in [9.17, 15) is 9.59 Å². The minimum Gasteiger partial charge on any atom is -0.490 e. The summed E-state index contributed by atoms with van der Waals surface area (Å²) in [5.74, 6) is -0.593. The second-order valence-corrected chi connectivity index (χ2v) is 3.58. The number of hydrogen-bond acceptors (Lipinski definition) is 4. The molecule has 0 bridgehead atoms. The molecule has 0 aliphatic carbocycles. The van der Waals surface area contributed by atoms with Gasteiger partial charge in [0.15, 0.2) is 6.61 Å². The summed E-state index contributed by atoms with van der Waals surface area (Å²) in [4.78, 5) is 21.6. The third-order valence-electron chi connectivity index (χ3n) is 2.02. The van der Waals surface area contributed by atoms with Gasteiger partial charge in [-0.25, -0.2) is 4.79 Å². The molecule has 0 saturated carbocycles. The van der Waals surface area contributed by atoms with Crippen LogP contribution in [0.3, 0.4) is 0 Å². The van der Waals surface area contributed by atoms with Crippen molar-refractivity contribution in [1.82, 2.24) is 0 Å². The molecule has 0 aliphatic heterocycles. The summed E-state index contributed by atoms with van der Waals surface area (Å²) in [6.45, 7) is 3.57. The van der Waals surface area contributed by atoms with Crippen LogP contribution in [0.4, 0.5) is 0 Å². The van der Waals surface area contributed by atoms with Crippen LogP contribution < -0.4 is 10.5 Å². The number of esters is 1. The van der Waals surface area contributed by atoms with Gasteiger partial charge in [0, 0.05) is 6.08 Å². The Hall–Kier alpha value is -2.56. The Morgan fingerprint density at radius 1 is 1.26 bits per heavy atom. The van der Waals surface area contributed by atoms with Crippen molar-refractivity contribution in [2.75, 3.05) is 13.2 Å². The van der Waals surface area contributed by atoms with E-state index < -0.39 is 18.5 Å². The molecule has 0 aliphatic rings. The first-order valence-corrected chi connectivity index (χ1v) is 5.58. The highest BCUT2D eigenvalue weighted by Gasteiger charge is 2.00. The zero-order valence-corrected chi connectivity index (χ0v) is 10.4. The fourth-order valence-electron chi connectivity index (χ4n) is 1.18. The van der Waals surface area contributed by atoms with Crippen molar-refractivity contribution >= 4 is 18.0 Å². The van der Waals surface area contributed by atoms with Crippen LogP contribution in [0.2, 0.25) is 0 Å². The molecule has 2 N–H and O–H groups in total. The average Bonchev–Trinajstić information content (AvgIpc) is 2.41. The summed E-state index contributed by atoms with van der Waals surface area (Å²) in [5.41, 5.74) is 5.65. The summed E-state index contributed by atoms with van der Waals surface area (Å²) in [6.07, 6.45) is 4.45. The molecule has 0 atom stereocenters. The summed E-state index contributed by atoms with van der Waals surface area (Å²) in [6, 6.07) is 7.13. The number of rotatable bonds is 7. The van der Waals surface area contributed by atoms with E-state index in [0.29, 0.717) is 12.4 Å². The Balaban J connectivity index is 2.50. The second kappa shape index (κ2) is 7.71. The summed E-state index contributed by atoms with van der Waals surface area (Å²) < 4.78 is 9.88. The van der Waals surface area contributed by atoms with Gasteiger partial charge in [-0.2, -0.15) is 0 Å². The number of ether oxygens (including phenoxy) is 2. The molecule has 0 heterocycles. The Kier molecular flexibility index (Phi) is 5.88. The predicted molar refractivity (Wildman–Crippen MR) is 71.3 cm³/mol. The fraction of sp³-hybridized carbons (Fsp3) is 0.143. The number of primary amides is 1. The fourth-order valence-corrected chi connectivity index (χ4v) is 1.18. The van der Waals surface area contributed by atoms with Gasteiger partial charge in [0.05, 0.1) is 0 Å². The molecular formula is C14H15NO4. The van der Waals surface area contributed by atoms with Gasteiger partial charge in [-0.3, -0.25) is 4.79 Å². The van der Waals surface area contributed by atoms with E-state index in [0.717, 1.165) is 5.56 Å². The van der Waals surface area contributed by atoms with Crippen LogP contribution in [0.1, 0.15) is 5.56 Å². The van der Waals surface area contributed by atoms with Crippen molar-refractivity contribution in [2.24, 2.45) is 5.73 Å². The van der Waals surface area contributed by atoms with Crippen LogP contribution in [0, 0.1) is 0 Å². The molecule has 0 radical (unpaired) electrons. The van der Waals surface area contributed by atoms with Gasteiger partial charge in [0.25, 0.3) is 5.91 Å². The maximum absolute atomic E-state index is 11.2. The third kappa shape index (κ3) is 6.07. The number of carbonyl (C=O) groups excluding carboxylic acids is 2. The van der Waals surface area contributed by atoms with Crippen molar-refractivity contribution in [1.29, 1.82) is 0 Å². The van der Waals surface area contributed by atoms with E-state index in [2.05, 4.69) is 11.3 Å². The Labute approximate surface area is 111 Å². The summed E-state index contributed by atoms with van der Waals surface area (Å²) in [7, 11) is 0. The highest BCUT2D eigenvalue weighted by Crippen LogP contribution is 2.13. The predicted octanol–water partition coefficient (Wildman–Crippen LogP) is 1.29. The smallest absolute Gasteiger partial charge is 0.331 e. The van der Waals surface area contributed by atoms with Gasteiger partial charge >= 0.3 is 5.97 Å². The van der Waals surface area contributed by atoms with Crippen molar-refractivity contribution < 1.29 is 19.1 Å². The Morgan fingerprint density at radius 3 is 2.53 bits per heavy atom. The zero-order chi connectivity index (χ0) is 14.1. The first kappa shape index (κ1) is 14.5. The first-order valence-electron chi connectivity index (χ1n) is 5.58. The normalized spacial score (nSPS) is 10.1. The highest BCUT2D eigenvalue weighted by atomic mass is 16.5. The van der Waals surface area contributed by atoms with Crippen molar-refractivity contribution in [3.63, 3.8) is 0 Å². The van der Waals surface area contributed by atoms with Crippen LogP contribution in [0.5, 0.6) is 5.75 Å². The van der Waals surface area contributed by atoms with Crippen LogP contribution in [0.25, 0.3) is 6.08 Å². The summed E-state index contributed by atoms with van der Waals surface area (Å²) in [5, 5.41) is 0.